The molecule has 140 valence electrons. The maximum Gasteiger partial charge on any atom is 0.258 e. The minimum atomic E-state index is -0.387. The summed E-state index contributed by atoms with van der Waals surface area (Å²) in [5.41, 5.74) is 3.13. The number of hydrogen-bond donors (Lipinski definition) is 1. The van der Waals surface area contributed by atoms with Crippen molar-refractivity contribution in [3.8, 4) is 11.5 Å². The number of carbonyl (C=O) groups excluding carboxylic acids is 1. The zero-order valence-electron chi connectivity index (χ0n) is 14.9. The van der Waals surface area contributed by atoms with Crippen LogP contribution in [0.4, 0.5) is 10.1 Å². The number of halogens is 1. The zero-order chi connectivity index (χ0) is 19.1. The van der Waals surface area contributed by atoms with E-state index in [9.17, 15) is 9.18 Å². The summed E-state index contributed by atoms with van der Waals surface area (Å²) >= 11 is 0. The molecule has 2 aliphatic rings. The van der Waals surface area contributed by atoms with Gasteiger partial charge < -0.3 is 19.7 Å². The van der Waals surface area contributed by atoms with Gasteiger partial charge in [0.2, 0.25) is 6.79 Å². The number of anilines is 1. The van der Waals surface area contributed by atoms with Crippen molar-refractivity contribution < 1.29 is 18.7 Å². The van der Waals surface area contributed by atoms with Crippen molar-refractivity contribution in [2.75, 3.05) is 12.1 Å². The first kappa shape index (κ1) is 16.6. The van der Waals surface area contributed by atoms with E-state index in [4.69, 9.17) is 9.47 Å². The summed E-state index contributed by atoms with van der Waals surface area (Å²) in [4.78, 5) is 15.0. The molecule has 5 nitrogen and oxygen atoms in total. The lowest BCUT2D eigenvalue weighted by Crippen LogP contribution is -2.42. The smallest absolute Gasteiger partial charge is 0.258 e. The molecular formula is C22H17FN2O3. The Kier molecular flexibility index (Phi) is 3.90. The molecule has 0 aliphatic carbocycles. The zero-order valence-corrected chi connectivity index (χ0v) is 14.9. The summed E-state index contributed by atoms with van der Waals surface area (Å²) in [5.74, 6) is 0.967. The van der Waals surface area contributed by atoms with Gasteiger partial charge in [-0.05, 0) is 47.5 Å². The van der Waals surface area contributed by atoms with Gasteiger partial charge in [-0.25, -0.2) is 4.39 Å². The standard InChI is InChI=1S/C22H17FN2O3/c23-16-8-5-14(6-9-16)12-25-21(15-7-10-19-20(11-15)28-13-27-19)24-18-4-2-1-3-17(18)22(25)26/h1-11,21,24H,12-13H2/t21-/m1/s1. The predicted molar refractivity (Wildman–Crippen MR) is 102 cm³/mol. The number of fused-ring (bicyclic) bond motifs is 2. The Balaban J connectivity index is 1.55. The molecule has 1 atom stereocenters. The Morgan fingerprint density at radius 2 is 1.79 bits per heavy atom. The number of benzene rings is 3. The SMILES string of the molecule is O=C1c2ccccc2N[C@@H](c2ccc3c(c2)OCO3)N1Cc1ccc(F)cc1. The van der Waals surface area contributed by atoms with E-state index in [1.165, 1.54) is 12.1 Å². The number of ether oxygens (including phenoxy) is 2. The first-order valence-corrected chi connectivity index (χ1v) is 8.99. The first-order valence-electron chi connectivity index (χ1n) is 8.99. The van der Waals surface area contributed by atoms with Gasteiger partial charge >= 0.3 is 0 Å². The molecule has 6 heteroatoms. The van der Waals surface area contributed by atoms with E-state index in [1.54, 1.807) is 23.1 Å². The summed E-state index contributed by atoms with van der Waals surface area (Å²) in [6.07, 6.45) is -0.387. The molecule has 3 aromatic carbocycles. The molecule has 1 amide bonds. The third kappa shape index (κ3) is 2.83. The molecule has 28 heavy (non-hydrogen) atoms. The van der Waals surface area contributed by atoms with Crippen LogP contribution in [0, 0.1) is 5.82 Å². The quantitative estimate of drug-likeness (QED) is 0.740. The average Bonchev–Trinajstić information content (AvgIpc) is 3.19. The van der Waals surface area contributed by atoms with Crippen LogP contribution in [-0.4, -0.2) is 17.6 Å². The Morgan fingerprint density at radius 1 is 1.00 bits per heavy atom. The van der Waals surface area contributed by atoms with Crippen LogP contribution in [0.3, 0.4) is 0 Å². The second-order valence-corrected chi connectivity index (χ2v) is 6.76. The molecule has 0 unspecified atom stereocenters. The predicted octanol–water partition coefficient (Wildman–Crippen LogP) is 4.32. The fourth-order valence-corrected chi connectivity index (χ4v) is 3.59. The summed E-state index contributed by atoms with van der Waals surface area (Å²) < 4.78 is 24.2. The molecule has 0 aromatic heterocycles. The highest BCUT2D eigenvalue weighted by molar-refractivity contribution is 6.01. The lowest BCUT2D eigenvalue weighted by atomic mass is 10.0. The Hall–Kier alpha value is -3.54. The second-order valence-electron chi connectivity index (χ2n) is 6.76. The number of hydrogen-bond acceptors (Lipinski definition) is 4. The Morgan fingerprint density at radius 3 is 2.64 bits per heavy atom. The number of para-hydroxylation sites is 1. The maximum absolute atomic E-state index is 13.3. The van der Waals surface area contributed by atoms with Crippen LogP contribution < -0.4 is 14.8 Å². The average molecular weight is 376 g/mol. The first-order chi connectivity index (χ1) is 13.7. The van der Waals surface area contributed by atoms with Gasteiger partial charge in [0, 0.05) is 12.2 Å². The van der Waals surface area contributed by atoms with Crippen LogP contribution >= 0.6 is 0 Å². The highest BCUT2D eigenvalue weighted by Crippen LogP contribution is 2.39. The van der Waals surface area contributed by atoms with Crippen molar-refractivity contribution in [1.82, 2.24) is 4.90 Å². The number of amides is 1. The molecule has 2 aliphatic heterocycles. The van der Waals surface area contributed by atoms with E-state index in [-0.39, 0.29) is 24.7 Å². The Labute approximate surface area is 161 Å². The highest BCUT2D eigenvalue weighted by atomic mass is 19.1. The van der Waals surface area contributed by atoms with E-state index in [0.29, 0.717) is 23.6 Å². The van der Waals surface area contributed by atoms with Crippen LogP contribution in [0.2, 0.25) is 0 Å². The minimum Gasteiger partial charge on any atom is -0.454 e. The molecule has 0 fully saturated rings. The van der Waals surface area contributed by atoms with Crippen LogP contribution in [0.1, 0.15) is 27.7 Å². The highest BCUT2D eigenvalue weighted by Gasteiger charge is 2.33. The summed E-state index contributed by atoms with van der Waals surface area (Å²) in [6, 6.07) is 19.3. The van der Waals surface area contributed by atoms with Crippen molar-refractivity contribution in [2.24, 2.45) is 0 Å². The largest absolute Gasteiger partial charge is 0.454 e. The molecular weight excluding hydrogens is 359 g/mol. The number of nitrogens with zero attached hydrogens (tertiary/aromatic N) is 1. The van der Waals surface area contributed by atoms with Gasteiger partial charge in [-0.3, -0.25) is 4.79 Å². The van der Waals surface area contributed by atoms with E-state index < -0.39 is 0 Å². The van der Waals surface area contributed by atoms with Gasteiger partial charge in [-0.15, -0.1) is 0 Å². The number of rotatable bonds is 3. The molecule has 0 saturated heterocycles. The van der Waals surface area contributed by atoms with E-state index >= 15 is 0 Å². The van der Waals surface area contributed by atoms with Gasteiger partial charge in [0.1, 0.15) is 12.0 Å². The summed E-state index contributed by atoms with van der Waals surface area (Å²) in [5, 5.41) is 3.45. The van der Waals surface area contributed by atoms with Gasteiger partial charge in [-0.2, -0.15) is 0 Å². The molecule has 0 saturated carbocycles. The second kappa shape index (κ2) is 6.56. The van der Waals surface area contributed by atoms with Crippen LogP contribution in [0.15, 0.2) is 66.7 Å². The van der Waals surface area contributed by atoms with Crippen LogP contribution in [0.25, 0.3) is 0 Å². The monoisotopic (exact) mass is 376 g/mol. The molecule has 0 bridgehead atoms. The lowest BCUT2D eigenvalue weighted by Gasteiger charge is -2.38. The van der Waals surface area contributed by atoms with E-state index in [2.05, 4.69) is 5.32 Å². The topological polar surface area (TPSA) is 50.8 Å². The van der Waals surface area contributed by atoms with Gasteiger partial charge in [0.05, 0.1) is 5.56 Å². The van der Waals surface area contributed by atoms with Crippen LogP contribution in [0.5, 0.6) is 11.5 Å². The van der Waals surface area contributed by atoms with Crippen molar-refractivity contribution in [2.45, 2.75) is 12.7 Å². The molecule has 0 radical (unpaired) electrons. The Bertz CT molecular complexity index is 1050. The number of carbonyl (C=O) groups is 1. The molecule has 2 heterocycles. The van der Waals surface area contributed by atoms with Gasteiger partial charge in [0.15, 0.2) is 11.5 Å². The van der Waals surface area contributed by atoms with Crippen LogP contribution in [-0.2, 0) is 6.54 Å². The third-order valence-corrected chi connectivity index (χ3v) is 5.00. The van der Waals surface area contributed by atoms with Crippen molar-refractivity contribution >= 4 is 11.6 Å². The maximum atomic E-state index is 13.3. The summed E-state index contributed by atoms with van der Waals surface area (Å²) in [7, 11) is 0. The fourth-order valence-electron chi connectivity index (χ4n) is 3.59. The van der Waals surface area contributed by atoms with Crippen molar-refractivity contribution in [3.05, 3.63) is 89.2 Å². The normalized spacial score (nSPS) is 17.2. The molecule has 1 N–H and O–H groups in total. The minimum absolute atomic E-state index is 0.0821. The molecule has 3 aromatic rings. The molecule has 5 rings (SSSR count). The van der Waals surface area contributed by atoms with E-state index in [0.717, 1.165) is 16.8 Å². The van der Waals surface area contributed by atoms with Gasteiger partial charge in [-0.1, -0.05) is 30.3 Å². The summed E-state index contributed by atoms with van der Waals surface area (Å²) in [6.45, 7) is 0.539. The van der Waals surface area contributed by atoms with Gasteiger partial charge in [0.25, 0.3) is 5.91 Å². The van der Waals surface area contributed by atoms with E-state index in [1.807, 2.05) is 36.4 Å². The fraction of sp³-hybridized carbons (Fsp3) is 0.136. The van der Waals surface area contributed by atoms with Crippen molar-refractivity contribution in [3.63, 3.8) is 0 Å². The lowest BCUT2D eigenvalue weighted by molar-refractivity contribution is 0.0666. The molecule has 0 spiro atoms. The third-order valence-electron chi connectivity index (χ3n) is 5.00. The number of nitrogens with one attached hydrogen (secondary N) is 1. The van der Waals surface area contributed by atoms with Crippen molar-refractivity contribution in [1.29, 1.82) is 0 Å².